The molecule has 0 nitrogen and oxygen atoms in total. The monoisotopic (exact) mass is 232 g/mol. The molecule has 0 bridgehead atoms. The second-order valence-corrected chi connectivity index (χ2v) is 5.48. The van der Waals surface area contributed by atoms with Crippen molar-refractivity contribution >= 4 is 21.1 Å². The van der Waals surface area contributed by atoms with E-state index in [0.717, 1.165) is 0 Å². The normalized spacial score (nSPS) is 12.0. The molecular formula is C4H7F3Sn. The Labute approximate surface area is 56.7 Å². The van der Waals surface area contributed by atoms with E-state index in [2.05, 4.69) is 0 Å². The van der Waals surface area contributed by atoms with Crippen molar-refractivity contribution < 1.29 is 13.2 Å². The van der Waals surface area contributed by atoms with Crippen molar-refractivity contribution in [3.8, 4) is 0 Å². The molecule has 8 heavy (non-hydrogen) atoms. The van der Waals surface area contributed by atoms with Gasteiger partial charge < -0.3 is 0 Å². The zero-order valence-electron chi connectivity index (χ0n) is 4.55. The average Bonchev–Trinajstić information content (AvgIpc) is 1.59. The molecule has 0 unspecified atom stereocenters. The molecule has 0 aromatic rings. The summed E-state index contributed by atoms with van der Waals surface area (Å²) in [6.45, 7) is 1.78. The van der Waals surface area contributed by atoms with Crippen LogP contribution >= 0.6 is 0 Å². The van der Waals surface area contributed by atoms with Gasteiger partial charge in [-0.3, -0.25) is 0 Å². The van der Waals surface area contributed by atoms with Crippen molar-refractivity contribution in [3.05, 3.63) is 0 Å². The third-order valence-electron chi connectivity index (χ3n) is 0.575. The van der Waals surface area contributed by atoms with Crippen molar-refractivity contribution in [2.24, 2.45) is 0 Å². The third kappa shape index (κ3) is 6.59. The van der Waals surface area contributed by atoms with Gasteiger partial charge in [-0.2, -0.15) is 0 Å². The first-order valence-electron chi connectivity index (χ1n) is 2.38. The van der Waals surface area contributed by atoms with Gasteiger partial charge in [-0.25, -0.2) is 0 Å². The molecule has 0 heterocycles. The summed E-state index contributed by atoms with van der Waals surface area (Å²) in [5, 5.41) is 0. The molecule has 0 aromatic heterocycles. The van der Waals surface area contributed by atoms with Crippen molar-refractivity contribution in [2.75, 3.05) is 0 Å². The summed E-state index contributed by atoms with van der Waals surface area (Å²) in [6.07, 6.45) is 0.686. The molecule has 0 aliphatic rings. The maximum atomic E-state index is 11.3. The van der Waals surface area contributed by atoms with Gasteiger partial charge in [0.05, 0.1) is 0 Å². The van der Waals surface area contributed by atoms with Crippen molar-refractivity contribution in [2.45, 2.75) is 22.0 Å². The van der Waals surface area contributed by atoms with E-state index in [1.807, 2.05) is 0 Å². The quantitative estimate of drug-likeness (QED) is 0.637. The first-order chi connectivity index (χ1) is 3.56. The maximum absolute atomic E-state index is 11.3. The van der Waals surface area contributed by atoms with Crippen LogP contribution in [0.1, 0.15) is 13.3 Å². The molecule has 0 saturated carbocycles. The summed E-state index contributed by atoms with van der Waals surface area (Å²) in [5.41, 5.74) is 0. The molecule has 0 aromatic carbocycles. The van der Waals surface area contributed by atoms with E-state index in [-0.39, 0.29) is 0 Å². The van der Waals surface area contributed by atoms with Crippen LogP contribution in [0.15, 0.2) is 0 Å². The van der Waals surface area contributed by atoms with Crippen molar-refractivity contribution in [1.29, 1.82) is 0 Å². The summed E-state index contributed by atoms with van der Waals surface area (Å²) < 4.78 is 30.6. The Bertz CT molecular complexity index is 58.8. The third-order valence-corrected chi connectivity index (χ3v) is 3.86. The number of halogens is 3. The molecule has 2 radical (unpaired) electrons. The molecule has 0 amide bonds. The van der Waals surface area contributed by atoms with E-state index >= 15 is 0 Å². The van der Waals surface area contributed by atoms with E-state index in [9.17, 15) is 13.2 Å². The molecule has 0 aliphatic heterocycles. The number of hydrogen-bond donors (Lipinski definition) is 0. The van der Waals surface area contributed by atoms with E-state index in [1.54, 1.807) is 6.92 Å². The summed E-state index contributed by atoms with van der Waals surface area (Å²) >= 11 is -2.00. The number of rotatable bonds is 2. The van der Waals surface area contributed by atoms with Gasteiger partial charge in [-0.05, 0) is 0 Å². The summed E-state index contributed by atoms with van der Waals surface area (Å²) in [7, 11) is 0. The van der Waals surface area contributed by atoms with Gasteiger partial charge in [0.2, 0.25) is 0 Å². The summed E-state index contributed by atoms with van der Waals surface area (Å²) in [4.78, 5) is 0. The first kappa shape index (κ1) is 8.59. The Morgan fingerprint density at radius 1 is 1.38 bits per heavy atom. The van der Waals surface area contributed by atoms with Crippen molar-refractivity contribution in [1.82, 2.24) is 0 Å². The van der Waals surface area contributed by atoms with Crippen LogP contribution in [0.3, 0.4) is 0 Å². The number of hydrogen-bond acceptors (Lipinski definition) is 0. The Hall–Kier alpha value is 0.589. The molecular weight excluding hydrogens is 224 g/mol. The number of alkyl halides is 3. The van der Waals surface area contributed by atoms with Crippen LogP contribution in [0.4, 0.5) is 13.2 Å². The van der Waals surface area contributed by atoms with E-state index in [4.69, 9.17) is 0 Å². The van der Waals surface area contributed by atoms with Gasteiger partial charge in [0, 0.05) is 0 Å². The molecule has 0 fully saturated rings. The van der Waals surface area contributed by atoms with Crippen LogP contribution in [0.5, 0.6) is 0 Å². The predicted molar refractivity (Wildman–Crippen MR) is 26.9 cm³/mol. The molecule has 0 N–H and O–H groups in total. The van der Waals surface area contributed by atoms with Gasteiger partial charge in [0.1, 0.15) is 0 Å². The standard InChI is InChI=1S/C3H7.CF3.Sn/c1-3-2;2-1(3)4;/h1,3H2,2H3;;. The first-order valence-corrected chi connectivity index (χ1v) is 5.82. The Balaban J connectivity index is 3.11. The zero-order chi connectivity index (χ0) is 6.62. The van der Waals surface area contributed by atoms with Gasteiger partial charge in [0.25, 0.3) is 0 Å². The van der Waals surface area contributed by atoms with Crippen molar-refractivity contribution in [3.63, 3.8) is 0 Å². The summed E-state index contributed by atoms with van der Waals surface area (Å²) in [5.74, 6) is 0. The van der Waals surface area contributed by atoms with Gasteiger partial charge >= 0.3 is 56.3 Å². The fourth-order valence-corrected chi connectivity index (χ4v) is 1.79. The summed E-state index contributed by atoms with van der Waals surface area (Å²) in [6, 6.07) is 0. The topological polar surface area (TPSA) is 0 Å². The average molecular weight is 231 g/mol. The Morgan fingerprint density at radius 2 is 1.88 bits per heavy atom. The fourth-order valence-electron chi connectivity index (χ4n) is 0.267. The minimum atomic E-state index is -3.78. The van der Waals surface area contributed by atoms with Gasteiger partial charge in [0.15, 0.2) is 0 Å². The minimum absolute atomic E-state index is 0.423. The molecule has 4 heteroatoms. The Kier molecular flexibility index (Phi) is 3.85. The fraction of sp³-hybridized carbons (Fsp3) is 1.00. The van der Waals surface area contributed by atoms with Crippen LogP contribution < -0.4 is 0 Å². The second kappa shape index (κ2) is 3.58. The van der Waals surface area contributed by atoms with E-state index < -0.39 is 25.3 Å². The Morgan fingerprint density at radius 3 is 2.00 bits per heavy atom. The van der Waals surface area contributed by atoms with Crippen LogP contribution in [0.25, 0.3) is 0 Å². The second-order valence-electron chi connectivity index (χ2n) is 1.42. The van der Waals surface area contributed by atoms with E-state index in [1.165, 1.54) is 0 Å². The molecule has 0 atom stereocenters. The van der Waals surface area contributed by atoms with Crippen LogP contribution in [-0.2, 0) is 0 Å². The van der Waals surface area contributed by atoms with Crippen LogP contribution in [-0.4, -0.2) is 25.3 Å². The predicted octanol–water partition coefficient (Wildman–Crippen LogP) is 2.04. The molecule has 0 rings (SSSR count). The SMILES string of the molecule is CC[CH2][Sn][C](F)(F)F. The molecule has 0 aliphatic carbocycles. The molecule has 0 saturated heterocycles. The van der Waals surface area contributed by atoms with Crippen LogP contribution in [0, 0.1) is 0 Å². The van der Waals surface area contributed by atoms with E-state index in [0.29, 0.717) is 10.9 Å². The van der Waals surface area contributed by atoms with Gasteiger partial charge in [-0.15, -0.1) is 0 Å². The zero-order valence-corrected chi connectivity index (χ0v) is 7.40. The molecule has 48 valence electrons. The van der Waals surface area contributed by atoms with Crippen LogP contribution in [0.2, 0.25) is 4.44 Å². The van der Waals surface area contributed by atoms with Gasteiger partial charge in [-0.1, -0.05) is 0 Å². The molecule has 0 spiro atoms.